The van der Waals surface area contributed by atoms with Crippen LogP contribution in [-0.4, -0.2) is 37.0 Å². The number of nitrogens with one attached hydrogen (secondary N) is 1. The number of amides is 1. The van der Waals surface area contributed by atoms with Gasteiger partial charge in [0.25, 0.3) is 0 Å². The van der Waals surface area contributed by atoms with E-state index in [0.717, 1.165) is 35.3 Å². The van der Waals surface area contributed by atoms with E-state index in [2.05, 4.69) is 33.2 Å². The lowest BCUT2D eigenvalue weighted by atomic mass is 10.1. The predicted molar refractivity (Wildman–Crippen MR) is 79.7 cm³/mol. The van der Waals surface area contributed by atoms with Crippen LogP contribution in [0.5, 0.6) is 0 Å². The van der Waals surface area contributed by atoms with Crippen LogP contribution in [0.3, 0.4) is 0 Å². The molecule has 1 aromatic rings. The third-order valence-electron chi connectivity index (χ3n) is 3.05. The van der Waals surface area contributed by atoms with Crippen molar-refractivity contribution >= 4 is 39.2 Å². The smallest absolute Gasteiger partial charge is 0.244 e. The van der Waals surface area contributed by atoms with Gasteiger partial charge in [-0.25, -0.2) is 0 Å². The van der Waals surface area contributed by atoms with Crippen molar-refractivity contribution in [2.75, 3.05) is 20.1 Å². The first-order chi connectivity index (χ1) is 8.63. The van der Waals surface area contributed by atoms with Crippen LogP contribution in [-0.2, 0) is 4.79 Å². The Morgan fingerprint density at radius 3 is 2.89 bits per heavy atom. The fourth-order valence-corrected chi connectivity index (χ4v) is 3.31. The van der Waals surface area contributed by atoms with E-state index < -0.39 is 0 Å². The monoisotopic (exact) mass is 328 g/mol. The number of carbonyl (C=O) groups is 1. The van der Waals surface area contributed by atoms with Crippen LogP contribution < -0.4 is 5.32 Å². The number of hydrogen-bond donors (Lipinski definition) is 1. The Bertz CT molecular complexity index is 436. The van der Waals surface area contributed by atoms with Gasteiger partial charge in [-0.15, -0.1) is 11.3 Å². The van der Waals surface area contributed by atoms with Gasteiger partial charge in [0, 0.05) is 26.8 Å². The highest BCUT2D eigenvalue weighted by molar-refractivity contribution is 9.10. The van der Waals surface area contributed by atoms with Gasteiger partial charge in [-0.1, -0.05) is 0 Å². The van der Waals surface area contributed by atoms with Crippen molar-refractivity contribution in [3.05, 3.63) is 26.9 Å². The highest BCUT2D eigenvalue weighted by Gasteiger charge is 2.17. The van der Waals surface area contributed by atoms with Gasteiger partial charge < -0.3 is 10.2 Å². The molecule has 2 heterocycles. The second-order valence-corrected chi connectivity index (χ2v) is 6.45. The molecule has 0 aliphatic carbocycles. The van der Waals surface area contributed by atoms with Crippen molar-refractivity contribution in [3.8, 4) is 0 Å². The van der Waals surface area contributed by atoms with E-state index in [9.17, 15) is 4.79 Å². The predicted octanol–water partition coefficient (Wildman–Crippen LogP) is 2.73. The summed E-state index contributed by atoms with van der Waals surface area (Å²) in [5.74, 6) is 0.00840. The van der Waals surface area contributed by atoms with Gasteiger partial charge in [-0.05, 0) is 61.1 Å². The molecule has 1 aliphatic heterocycles. The van der Waals surface area contributed by atoms with E-state index in [0.29, 0.717) is 6.04 Å². The number of carbonyl (C=O) groups excluding carboxylic acids is 1. The first-order valence-corrected chi connectivity index (χ1v) is 7.72. The summed E-state index contributed by atoms with van der Waals surface area (Å²) < 4.78 is 1.06. The first kappa shape index (κ1) is 13.8. The molecular formula is C13H17BrN2OS. The molecule has 0 aromatic carbocycles. The maximum absolute atomic E-state index is 11.8. The van der Waals surface area contributed by atoms with Crippen molar-refractivity contribution in [2.45, 2.75) is 18.9 Å². The first-order valence-electron chi connectivity index (χ1n) is 6.04. The Kier molecular flexibility index (Phi) is 4.97. The molecule has 3 nitrogen and oxygen atoms in total. The number of hydrogen-bond acceptors (Lipinski definition) is 3. The molecule has 18 heavy (non-hydrogen) atoms. The average molecular weight is 329 g/mol. The summed E-state index contributed by atoms with van der Waals surface area (Å²) in [5.41, 5.74) is 0. The van der Waals surface area contributed by atoms with E-state index in [1.54, 1.807) is 17.4 Å². The zero-order valence-corrected chi connectivity index (χ0v) is 12.8. The molecule has 0 atom stereocenters. The van der Waals surface area contributed by atoms with Gasteiger partial charge in [-0.2, -0.15) is 0 Å². The van der Waals surface area contributed by atoms with Gasteiger partial charge in [0.15, 0.2) is 0 Å². The molecule has 0 spiro atoms. The normalized spacial score (nSPS) is 18.3. The maximum atomic E-state index is 11.8. The fourth-order valence-electron chi connectivity index (χ4n) is 1.98. The summed E-state index contributed by atoms with van der Waals surface area (Å²) in [4.78, 5) is 15.1. The Morgan fingerprint density at radius 1 is 1.56 bits per heavy atom. The van der Waals surface area contributed by atoms with Crippen molar-refractivity contribution in [3.63, 3.8) is 0 Å². The lowest BCUT2D eigenvalue weighted by Crippen LogP contribution is -2.42. The summed E-state index contributed by atoms with van der Waals surface area (Å²) in [5, 5.41) is 5.07. The number of halogens is 1. The summed E-state index contributed by atoms with van der Waals surface area (Å²) in [6, 6.07) is 2.33. The minimum atomic E-state index is 0.00840. The molecule has 5 heteroatoms. The lowest BCUT2D eigenvalue weighted by molar-refractivity contribution is -0.117. The molecule has 1 amide bonds. The minimum absolute atomic E-state index is 0.00840. The summed E-state index contributed by atoms with van der Waals surface area (Å²) in [6.45, 7) is 2.12. The number of piperidine rings is 1. The lowest BCUT2D eigenvalue weighted by Gasteiger charge is -2.29. The summed E-state index contributed by atoms with van der Waals surface area (Å²) in [7, 11) is 2.12. The molecule has 1 saturated heterocycles. The van der Waals surface area contributed by atoms with Crippen LogP contribution in [0.1, 0.15) is 17.7 Å². The van der Waals surface area contributed by atoms with Crippen molar-refractivity contribution in [1.29, 1.82) is 0 Å². The highest BCUT2D eigenvalue weighted by Crippen LogP contribution is 2.20. The largest absolute Gasteiger partial charge is 0.350 e. The van der Waals surface area contributed by atoms with Crippen molar-refractivity contribution < 1.29 is 4.79 Å². The number of nitrogens with zero attached hydrogens (tertiary/aromatic N) is 1. The Balaban J connectivity index is 1.80. The van der Waals surface area contributed by atoms with Gasteiger partial charge in [0.2, 0.25) is 5.91 Å². The molecule has 1 aliphatic rings. The van der Waals surface area contributed by atoms with E-state index in [1.807, 2.05) is 17.5 Å². The van der Waals surface area contributed by atoms with Crippen LogP contribution in [0, 0.1) is 0 Å². The molecule has 0 radical (unpaired) electrons. The van der Waals surface area contributed by atoms with E-state index in [-0.39, 0.29) is 5.91 Å². The van der Waals surface area contributed by atoms with Crippen LogP contribution >= 0.6 is 27.3 Å². The summed E-state index contributed by atoms with van der Waals surface area (Å²) >= 11 is 5.01. The summed E-state index contributed by atoms with van der Waals surface area (Å²) in [6.07, 6.45) is 5.57. The van der Waals surface area contributed by atoms with Gasteiger partial charge in [0.1, 0.15) is 0 Å². The van der Waals surface area contributed by atoms with Gasteiger partial charge in [-0.3, -0.25) is 4.79 Å². The second kappa shape index (κ2) is 6.50. The molecule has 0 bridgehead atoms. The molecule has 1 N–H and O–H groups in total. The number of rotatable bonds is 3. The molecule has 0 unspecified atom stereocenters. The van der Waals surface area contributed by atoms with Crippen LogP contribution in [0.4, 0.5) is 0 Å². The number of thiophene rings is 1. The zero-order chi connectivity index (χ0) is 13.0. The molecule has 2 rings (SSSR count). The van der Waals surface area contributed by atoms with Gasteiger partial charge >= 0.3 is 0 Å². The van der Waals surface area contributed by atoms with Crippen LogP contribution in [0.25, 0.3) is 6.08 Å². The van der Waals surface area contributed by atoms with Crippen molar-refractivity contribution in [1.82, 2.24) is 10.2 Å². The molecular weight excluding hydrogens is 312 g/mol. The standard InChI is InChI=1S/C13H17BrN2OS/c1-16-6-4-11(5-7-16)15-13(17)3-2-12-8-10(14)9-18-12/h2-3,8-9,11H,4-7H2,1H3,(H,15,17). The van der Waals surface area contributed by atoms with Crippen LogP contribution in [0.2, 0.25) is 0 Å². The third kappa shape index (κ3) is 4.23. The SMILES string of the molecule is CN1CCC(NC(=O)C=Cc2cc(Br)cs2)CC1. The zero-order valence-electron chi connectivity index (χ0n) is 10.4. The Labute approximate surface area is 120 Å². The second-order valence-electron chi connectivity index (χ2n) is 4.59. The Morgan fingerprint density at radius 2 is 2.28 bits per heavy atom. The molecule has 1 aromatic heterocycles. The fraction of sp³-hybridized carbons (Fsp3) is 0.462. The molecule has 0 saturated carbocycles. The van der Waals surface area contributed by atoms with E-state index in [1.165, 1.54) is 0 Å². The minimum Gasteiger partial charge on any atom is -0.350 e. The quantitative estimate of drug-likeness (QED) is 0.865. The molecule has 98 valence electrons. The average Bonchev–Trinajstić information content (AvgIpc) is 2.76. The third-order valence-corrected chi connectivity index (χ3v) is 4.71. The van der Waals surface area contributed by atoms with E-state index >= 15 is 0 Å². The van der Waals surface area contributed by atoms with E-state index in [4.69, 9.17) is 0 Å². The van der Waals surface area contributed by atoms with Crippen molar-refractivity contribution in [2.24, 2.45) is 0 Å². The Hall–Kier alpha value is -0.650. The topological polar surface area (TPSA) is 32.3 Å². The number of likely N-dealkylation sites (tertiary alicyclic amines) is 1. The highest BCUT2D eigenvalue weighted by atomic mass is 79.9. The van der Waals surface area contributed by atoms with Crippen LogP contribution in [0.15, 0.2) is 22.0 Å². The maximum Gasteiger partial charge on any atom is 0.244 e. The van der Waals surface area contributed by atoms with Gasteiger partial charge in [0.05, 0.1) is 0 Å². The molecule has 1 fully saturated rings.